The van der Waals surface area contributed by atoms with Gasteiger partial charge in [-0.2, -0.15) is 5.10 Å². The van der Waals surface area contributed by atoms with Gasteiger partial charge >= 0.3 is 0 Å². The topological polar surface area (TPSA) is 39.1 Å². The van der Waals surface area contributed by atoms with E-state index in [2.05, 4.69) is 35.5 Å². The molecular weight excluding hydrogens is 274 g/mol. The molecule has 1 N–H and O–H groups in total. The van der Waals surface area contributed by atoms with E-state index in [1.165, 1.54) is 35.2 Å². The Labute approximate surface area is 132 Å². The van der Waals surface area contributed by atoms with Crippen LogP contribution >= 0.6 is 0 Å². The lowest BCUT2D eigenvalue weighted by Gasteiger charge is -2.24. The molecule has 1 aliphatic carbocycles. The van der Waals surface area contributed by atoms with Gasteiger partial charge in [0.25, 0.3) is 0 Å². The Balaban J connectivity index is 1.64. The molecular formula is C18H25N3O. The number of ether oxygens (including phenoxy) is 1. The maximum atomic E-state index is 5.46. The fourth-order valence-electron chi connectivity index (χ4n) is 3.40. The Morgan fingerprint density at radius 2 is 2.27 bits per heavy atom. The van der Waals surface area contributed by atoms with Crippen LogP contribution < -0.4 is 10.1 Å². The maximum Gasteiger partial charge on any atom is 0.122 e. The summed E-state index contributed by atoms with van der Waals surface area (Å²) in [7, 11) is 3.78. The molecule has 118 valence electrons. The number of aryl methyl sites for hydroxylation is 2. The molecule has 1 heterocycles. The van der Waals surface area contributed by atoms with Gasteiger partial charge in [0.2, 0.25) is 0 Å². The Kier molecular flexibility index (Phi) is 4.48. The summed E-state index contributed by atoms with van der Waals surface area (Å²) in [5, 5.41) is 8.11. The van der Waals surface area contributed by atoms with Crippen molar-refractivity contribution >= 4 is 0 Å². The summed E-state index contributed by atoms with van der Waals surface area (Å²) < 4.78 is 7.48. The van der Waals surface area contributed by atoms with Crippen LogP contribution in [0, 0.1) is 6.92 Å². The number of hydrogen-bond acceptors (Lipinski definition) is 3. The number of fused-ring (bicyclic) bond motifs is 1. The van der Waals surface area contributed by atoms with Crippen molar-refractivity contribution in [2.75, 3.05) is 13.7 Å². The molecule has 1 aromatic carbocycles. The van der Waals surface area contributed by atoms with E-state index in [1.54, 1.807) is 7.11 Å². The van der Waals surface area contributed by atoms with E-state index in [0.717, 1.165) is 25.1 Å². The lowest BCUT2D eigenvalue weighted by atomic mass is 9.93. The molecule has 1 aliphatic rings. The van der Waals surface area contributed by atoms with Crippen LogP contribution in [0.2, 0.25) is 0 Å². The molecule has 1 aromatic heterocycles. The minimum Gasteiger partial charge on any atom is -0.496 e. The van der Waals surface area contributed by atoms with E-state index in [1.807, 2.05) is 17.9 Å². The number of methoxy groups -OCH3 is 1. The molecule has 0 fully saturated rings. The fourth-order valence-corrected chi connectivity index (χ4v) is 3.40. The summed E-state index contributed by atoms with van der Waals surface area (Å²) in [6.45, 7) is 3.08. The van der Waals surface area contributed by atoms with E-state index in [0.29, 0.717) is 6.04 Å². The first-order chi connectivity index (χ1) is 10.7. The van der Waals surface area contributed by atoms with Gasteiger partial charge in [-0.05, 0) is 50.8 Å². The van der Waals surface area contributed by atoms with Crippen LogP contribution in [0.4, 0.5) is 0 Å². The lowest BCUT2D eigenvalue weighted by molar-refractivity contribution is 0.406. The molecule has 0 radical (unpaired) electrons. The van der Waals surface area contributed by atoms with Crippen molar-refractivity contribution < 1.29 is 4.74 Å². The van der Waals surface area contributed by atoms with Crippen LogP contribution in [0.3, 0.4) is 0 Å². The summed E-state index contributed by atoms with van der Waals surface area (Å²) in [4.78, 5) is 0. The molecule has 0 bridgehead atoms. The van der Waals surface area contributed by atoms with Crippen LogP contribution in [0.1, 0.15) is 41.3 Å². The quantitative estimate of drug-likeness (QED) is 0.922. The SMILES string of the molecule is COc1ccc(C)cc1CCNC1CCCc2c1cnn2C. The van der Waals surface area contributed by atoms with Gasteiger partial charge < -0.3 is 10.1 Å². The predicted octanol–water partition coefficient (Wildman–Crippen LogP) is 2.95. The van der Waals surface area contributed by atoms with Crippen LogP contribution in [-0.4, -0.2) is 23.4 Å². The van der Waals surface area contributed by atoms with Crippen molar-refractivity contribution in [2.24, 2.45) is 7.05 Å². The van der Waals surface area contributed by atoms with E-state index >= 15 is 0 Å². The second-order valence-corrected chi connectivity index (χ2v) is 6.13. The van der Waals surface area contributed by atoms with Crippen LogP contribution in [-0.2, 0) is 19.9 Å². The normalized spacial score (nSPS) is 17.3. The highest BCUT2D eigenvalue weighted by molar-refractivity contribution is 5.37. The molecule has 0 aliphatic heterocycles. The van der Waals surface area contributed by atoms with Gasteiger partial charge in [0, 0.05) is 24.3 Å². The Bertz CT molecular complexity index is 648. The van der Waals surface area contributed by atoms with Crippen molar-refractivity contribution in [1.82, 2.24) is 15.1 Å². The summed E-state index contributed by atoms with van der Waals surface area (Å²) in [5.74, 6) is 0.984. The molecule has 1 unspecified atom stereocenters. The number of nitrogens with zero attached hydrogens (tertiary/aromatic N) is 2. The highest BCUT2D eigenvalue weighted by Gasteiger charge is 2.22. The first-order valence-corrected chi connectivity index (χ1v) is 8.06. The number of nitrogens with one attached hydrogen (secondary N) is 1. The van der Waals surface area contributed by atoms with E-state index in [9.17, 15) is 0 Å². The molecule has 0 saturated carbocycles. The molecule has 1 atom stereocenters. The molecule has 4 heteroatoms. The zero-order chi connectivity index (χ0) is 15.5. The molecule has 2 aromatic rings. The van der Waals surface area contributed by atoms with Crippen molar-refractivity contribution in [3.05, 3.63) is 46.8 Å². The largest absolute Gasteiger partial charge is 0.496 e. The van der Waals surface area contributed by atoms with Crippen molar-refractivity contribution in [3.63, 3.8) is 0 Å². The van der Waals surface area contributed by atoms with Gasteiger partial charge in [0.1, 0.15) is 5.75 Å². The number of hydrogen-bond donors (Lipinski definition) is 1. The highest BCUT2D eigenvalue weighted by atomic mass is 16.5. The minimum atomic E-state index is 0.438. The smallest absolute Gasteiger partial charge is 0.122 e. The first-order valence-electron chi connectivity index (χ1n) is 8.06. The zero-order valence-electron chi connectivity index (χ0n) is 13.7. The van der Waals surface area contributed by atoms with Crippen molar-refractivity contribution in [2.45, 2.75) is 38.6 Å². The molecule has 0 saturated heterocycles. The minimum absolute atomic E-state index is 0.438. The summed E-state index contributed by atoms with van der Waals surface area (Å²) >= 11 is 0. The summed E-state index contributed by atoms with van der Waals surface area (Å²) in [5.41, 5.74) is 5.32. The van der Waals surface area contributed by atoms with Gasteiger partial charge in [0.15, 0.2) is 0 Å². The van der Waals surface area contributed by atoms with Gasteiger partial charge in [-0.15, -0.1) is 0 Å². The number of rotatable bonds is 5. The summed E-state index contributed by atoms with van der Waals surface area (Å²) in [6, 6.07) is 6.81. The zero-order valence-corrected chi connectivity index (χ0v) is 13.7. The third-order valence-corrected chi connectivity index (χ3v) is 4.60. The van der Waals surface area contributed by atoms with E-state index in [4.69, 9.17) is 4.74 Å². The predicted molar refractivity (Wildman–Crippen MR) is 88.3 cm³/mol. The Morgan fingerprint density at radius 3 is 3.09 bits per heavy atom. The lowest BCUT2D eigenvalue weighted by Crippen LogP contribution is -2.27. The van der Waals surface area contributed by atoms with E-state index < -0.39 is 0 Å². The molecule has 0 amide bonds. The second kappa shape index (κ2) is 6.53. The number of aromatic nitrogens is 2. The van der Waals surface area contributed by atoms with Gasteiger partial charge in [0.05, 0.1) is 13.3 Å². The monoisotopic (exact) mass is 299 g/mol. The third kappa shape index (κ3) is 3.02. The average Bonchev–Trinajstić information content (AvgIpc) is 2.90. The van der Waals surface area contributed by atoms with Crippen LogP contribution in [0.15, 0.2) is 24.4 Å². The molecule has 4 nitrogen and oxygen atoms in total. The first kappa shape index (κ1) is 15.1. The van der Waals surface area contributed by atoms with Crippen molar-refractivity contribution in [3.8, 4) is 5.75 Å². The average molecular weight is 299 g/mol. The Morgan fingerprint density at radius 1 is 1.41 bits per heavy atom. The maximum absolute atomic E-state index is 5.46. The highest BCUT2D eigenvalue weighted by Crippen LogP contribution is 2.29. The van der Waals surface area contributed by atoms with Crippen LogP contribution in [0.5, 0.6) is 5.75 Å². The number of benzene rings is 1. The molecule has 22 heavy (non-hydrogen) atoms. The standard InChI is InChI=1S/C18H25N3O/c1-13-7-8-18(22-3)14(11-13)9-10-19-16-5-4-6-17-15(16)12-20-21(17)2/h7-8,11-12,16,19H,4-6,9-10H2,1-3H3. The van der Waals surface area contributed by atoms with Gasteiger partial charge in [-0.1, -0.05) is 17.7 Å². The molecule has 0 spiro atoms. The van der Waals surface area contributed by atoms with Gasteiger partial charge in [-0.3, -0.25) is 4.68 Å². The summed E-state index contributed by atoms with van der Waals surface area (Å²) in [6.07, 6.45) is 6.59. The second-order valence-electron chi connectivity index (χ2n) is 6.13. The fraction of sp³-hybridized carbons (Fsp3) is 0.500. The molecule has 3 rings (SSSR count). The van der Waals surface area contributed by atoms with Gasteiger partial charge in [-0.25, -0.2) is 0 Å². The van der Waals surface area contributed by atoms with Crippen molar-refractivity contribution in [1.29, 1.82) is 0 Å². The van der Waals surface area contributed by atoms with E-state index in [-0.39, 0.29) is 0 Å². The Hall–Kier alpha value is -1.81. The van der Waals surface area contributed by atoms with Crippen LogP contribution in [0.25, 0.3) is 0 Å². The third-order valence-electron chi connectivity index (χ3n) is 4.60.